The summed E-state index contributed by atoms with van der Waals surface area (Å²) in [7, 11) is 0. The molecule has 2 N–H and O–H groups in total. The van der Waals surface area contributed by atoms with E-state index in [9.17, 15) is 8.78 Å². The minimum absolute atomic E-state index is 0.122. The van der Waals surface area contributed by atoms with Gasteiger partial charge in [0.05, 0.1) is 6.10 Å². The van der Waals surface area contributed by atoms with E-state index in [2.05, 4.69) is 12.1 Å². The summed E-state index contributed by atoms with van der Waals surface area (Å²) in [4.78, 5) is 0. The maximum atomic E-state index is 12.2. The molecule has 0 aliphatic heterocycles. The molecule has 1 saturated carbocycles. The van der Waals surface area contributed by atoms with Gasteiger partial charge in [-0.1, -0.05) is 30.3 Å². The number of alkyl halides is 2. The third-order valence-corrected chi connectivity index (χ3v) is 3.55. The van der Waals surface area contributed by atoms with Crippen LogP contribution in [-0.4, -0.2) is 25.2 Å². The van der Waals surface area contributed by atoms with E-state index in [0.717, 1.165) is 19.3 Å². The van der Waals surface area contributed by atoms with Gasteiger partial charge >= 0.3 is 0 Å². The van der Waals surface area contributed by atoms with Crippen LogP contribution in [0.25, 0.3) is 0 Å². The lowest BCUT2D eigenvalue weighted by atomic mass is 9.80. The van der Waals surface area contributed by atoms with Gasteiger partial charge in [-0.15, -0.1) is 0 Å². The average molecular weight is 255 g/mol. The Morgan fingerprint density at radius 3 is 2.61 bits per heavy atom. The van der Waals surface area contributed by atoms with Crippen molar-refractivity contribution in [1.82, 2.24) is 0 Å². The summed E-state index contributed by atoms with van der Waals surface area (Å²) in [6.45, 7) is -0.514. The first-order valence-electron chi connectivity index (χ1n) is 6.37. The third-order valence-electron chi connectivity index (χ3n) is 3.55. The Morgan fingerprint density at radius 1 is 1.22 bits per heavy atom. The quantitative estimate of drug-likeness (QED) is 0.897. The first kappa shape index (κ1) is 13.4. The minimum atomic E-state index is -2.42. The lowest BCUT2D eigenvalue weighted by Gasteiger charge is -2.34. The summed E-state index contributed by atoms with van der Waals surface area (Å²) < 4.78 is 29.6. The lowest BCUT2D eigenvalue weighted by molar-refractivity contribution is -0.0471. The zero-order valence-corrected chi connectivity index (χ0v) is 10.3. The summed E-state index contributed by atoms with van der Waals surface area (Å²) >= 11 is 0. The molecule has 2 rings (SSSR count). The minimum Gasteiger partial charge on any atom is -0.371 e. The summed E-state index contributed by atoms with van der Waals surface area (Å²) in [5.74, 6) is 0.369. The van der Waals surface area contributed by atoms with Crippen molar-refractivity contribution < 1.29 is 13.5 Å². The van der Waals surface area contributed by atoms with E-state index in [0.29, 0.717) is 5.92 Å². The molecule has 1 fully saturated rings. The highest BCUT2D eigenvalue weighted by Gasteiger charge is 2.30. The number of benzene rings is 1. The lowest BCUT2D eigenvalue weighted by Crippen LogP contribution is -2.42. The first-order valence-corrected chi connectivity index (χ1v) is 6.37. The molecule has 0 aromatic heterocycles. The second-order valence-electron chi connectivity index (χ2n) is 4.85. The van der Waals surface area contributed by atoms with Gasteiger partial charge in [0, 0.05) is 6.04 Å². The Hall–Kier alpha value is -1.00. The van der Waals surface area contributed by atoms with Crippen molar-refractivity contribution in [3.8, 4) is 0 Å². The summed E-state index contributed by atoms with van der Waals surface area (Å²) in [5.41, 5.74) is 7.18. The number of nitrogens with two attached hydrogens (primary N) is 1. The summed E-state index contributed by atoms with van der Waals surface area (Å²) in [6.07, 6.45) is -0.113. The zero-order valence-electron chi connectivity index (χ0n) is 10.3. The van der Waals surface area contributed by atoms with Crippen molar-refractivity contribution in [2.45, 2.75) is 43.8 Å². The van der Waals surface area contributed by atoms with Crippen LogP contribution in [0.2, 0.25) is 0 Å². The Kier molecular flexibility index (Phi) is 4.66. The molecule has 1 aliphatic carbocycles. The molecule has 18 heavy (non-hydrogen) atoms. The van der Waals surface area contributed by atoms with Crippen LogP contribution in [0, 0.1) is 0 Å². The van der Waals surface area contributed by atoms with Crippen LogP contribution in [0.1, 0.15) is 30.7 Å². The molecule has 3 unspecified atom stereocenters. The number of rotatable bonds is 4. The van der Waals surface area contributed by atoms with Crippen molar-refractivity contribution in [2.24, 2.45) is 5.73 Å². The van der Waals surface area contributed by atoms with Gasteiger partial charge in [-0.05, 0) is 30.7 Å². The Balaban J connectivity index is 1.96. The third kappa shape index (κ3) is 3.50. The molecular weight excluding hydrogens is 236 g/mol. The Morgan fingerprint density at radius 2 is 1.94 bits per heavy atom. The van der Waals surface area contributed by atoms with Crippen LogP contribution in [-0.2, 0) is 4.74 Å². The number of halogens is 2. The van der Waals surface area contributed by atoms with E-state index in [1.165, 1.54) is 5.56 Å². The monoisotopic (exact) mass is 255 g/mol. The van der Waals surface area contributed by atoms with Crippen LogP contribution >= 0.6 is 0 Å². The molecule has 1 aromatic carbocycles. The largest absolute Gasteiger partial charge is 0.371 e. The Labute approximate surface area is 106 Å². The molecule has 0 spiro atoms. The summed E-state index contributed by atoms with van der Waals surface area (Å²) in [6, 6.07) is 10.0. The molecule has 0 amide bonds. The van der Waals surface area contributed by atoms with Gasteiger partial charge in [-0.2, -0.15) is 0 Å². The molecule has 1 aromatic rings. The normalized spacial score (nSPS) is 28.6. The number of ether oxygens (including phenoxy) is 1. The smallest absolute Gasteiger partial charge is 0.261 e. The van der Waals surface area contributed by atoms with E-state index in [4.69, 9.17) is 10.5 Å². The molecule has 100 valence electrons. The first-order chi connectivity index (χ1) is 8.66. The molecule has 2 nitrogen and oxygen atoms in total. The van der Waals surface area contributed by atoms with Crippen LogP contribution < -0.4 is 5.73 Å². The van der Waals surface area contributed by atoms with Crippen molar-refractivity contribution in [2.75, 3.05) is 6.61 Å². The zero-order chi connectivity index (χ0) is 13.0. The highest BCUT2D eigenvalue weighted by molar-refractivity contribution is 5.20. The summed E-state index contributed by atoms with van der Waals surface area (Å²) in [5, 5.41) is 0. The van der Waals surface area contributed by atoms with Gasteiger partial charge in [0.1, 0.15) is 6.61 Å². The van der Waals surface area contributed by atoms with Crippen LogP contribution in [0.3, 0.4) is 0 Å². The molecule has 0 radical (unpaired) electrons. The molecule has 0 bridgehead atoms. The van der Waals surface area contributed by atoms with E-state index >= 15 is 0 Å². The van der Waals surface area contributed by atoms with Crippen LogP contribution in [0.5, 0.6) is 0 Å². The van der Waals surface area contributed by atoms with Gasteiger partial charge in [-0.25, -0.2) is 8.78 Å². The van der Waals surface area contributed by atoms with E-state index in [-0.39, 0.29) is 12.1 Å². The molecule has 4 heteroatoms. The fourth-order valence-corrected chi connectivity index (χ4v) is 2.57. The predicted octanol–water partition coefficient (Wildman–Crippen LogP) is 2.93. The van der Waals surface area contributed by atoms with Crippen molar-refractivity contribution in [3.05, 3.63) is 35.9 Å². The SMILES string of the molecule is NC1CCC(c2ccccc2)CC1OCC(F)F. The van der Waals surface area contributed by atoms with Crippen molar-refractivity contribution in [1.29, 1.82) is 0 Å². The van der Waals surface area contributed by atoms with E-state index in [1.807, 2.05) is 18.2 Å². The van der Waals surface area contributed by atoms with Crippen molar-refractivity contribution >= 4 is 0 Å². The van der Waals surface area contributed by atoms with Crippen LogP contribution in [0.4, 0.5) is 8.78 Å². The molecule has 0 saturated heterocycles. The highest BCUT2D eigenvalue weighted by Crippen LogP contribution is 2.33. The molecule has 3 atom stereocenters. The average Bonchev–Trinajstić information content (AvgIpc) is 2.38. The van der Waals surface area contributed by atoms with E-state index < -0.39 is 13.0 Å². The Bertz CT molecular complexity index is 358. The van der Waals surface area contributed by atoms with Crippen molar-refractivity contribution in [3.63, 3.8) is 0 Å². The van der Waals surface area contributed by atoms with Gasteiger partial charge in [-0.3, -0.25) is 0 Å². The molecule has 1 aliphatic rings. The fraction of sp³-hybridized carbons (Fsp3) is 0.571. The maximum Gasteiger partial charge on any atom is 0.261 e. The predicted molar refractivity (Wildman–Crippen MR) is 66.8 cm³/mol. The second-order valence-corrected chi connectivity index (χ2v) is 4.85. The molecular formula is C14H19F2NO. The van der Waals surface area contributed by atoms with Gasteiger partial charge < -0.3 is 10.5 Å². The topological polar surface area (TPSA) is 35.2 Å². The van der Waals surface area contributed by atoms with Gasteiger partial charge in [0.2, 0.25) is 0 Å². The van der Waals surface area contributed by atoms with Crippen LogP contribution in [0.15, 0.2) is 30.3 Å². The number of hydrogen-bond donors (Lipinski definition) is 1. The fourth-order valence-electron chi connectivity index (χ4n) is 2.57. The van der Waals surface area contributed by atoms with Gasteiger partial charge in [0.15, 0.2) is 0 Å². The van der Waals surface area contributed by atoms with E-state index in [1.54, 1.807) is 0 Å². The maximum absolute atomic E-state index is 12.2. The standard InChI is InChI=1S/C14H19F2NO/c15-14(16)9-18-13-8-11(6-7-12(13)17)10-4-2-1-3-5-10/h1-5,11-14H,6-9,17H2. The number of hydrogen-bond acceptors (Lipinski definition) is 2. The van der Waals surface area contributed by atoms with Gasteiger partial charge in [0.25, 0.3) is 6.43 Å². The second kappa shape index (κ2) is 6.25. The highest BCUT2D eigenvalue weighted by atomic mass is 19.3. The molecule has 0 heterocycles.